The predicted octanol–water partition coefficient (Wildman–Crippen LogP) is 2.31. The van der Waals surface area contributed by atoms with Gasteiger partial charge in [0.25, 0.3) is 0 Å². The zero-order chi connectivity index (χ0) is 12.3. The molecule has 0 radical (unpaired) electrons. The first-order valence-corrected chi connectivity index (χ1v) is 4.94. The number of rotatable bonds is 3. The maximum atomic E-state index is 13.2. The van der Waals surface area contributed by atoms with E-state index in [0.717, 1.165) is 6.07 Å². The van der Waals surface area contributed by atoms with E-state index in [2.05, 4.69) is 5.32 Å². The quantitative estimate of drug-likeness (QED) is 0.880. The highest BCUT2D eigenvalue weighted by Crippen LogP contribution is 2.17. The summed E-state index contributed by atoms with van der Waals surface area (Å²) < 4.78 is 26.0. The molecule has 3 nitrogen and oxygen atoms in total. The molecule has 0 saturated heterocycles. The molecule has 0 aromatic heterocycles. The van der Waals surface area contributed by atoms with Crippen molar-refractivity contribution in [2.24, 2.45) is 11.7 Å². The molecule has 0 aliphatic rings. The highest BCUT2D eigenvalue weighted by atomic mass is 35.5. The lowest BCUT2D eigenvalue weighted by molar-refractivity contribution is -0.118. The molecular weight excluding hydrogens is 250 g/mol. The van der Waals surface area contributed by atoms with Crippen molar-refractivity contribution in [2.75, 3.05) is 5.32 Å². The number of carbonyl (C=O) groups excluding carboxylic acids is 1. The minimum absolute atomic E-state index is 0. The average Bonchev–Trinajstić information content (AvgIpc) is 2.23. The van der Waals surface area contributed by atoms with Crippen LogP contribution in [-0.2, 0) is 4.79 Å². The number of amides is 1. The summed E-state index contributed by atoms with van der Waals surface area (Å²) in [5, 5.41) is 2.25. The van der Waals surface area contributed by atoms with E-state index in [-0.39, 0.29) is 24.0 Å². The van der Waals surface area contributed by atoms with Crippen LogP contribution in [0.4, 0.5) is 14.5 Å². The lowest BCUT2D eigenvalue weighted by Crippen LogP contribution is -2.39. The van der Waals surface area contributed by atoms with E-state index < -0.39 is 23.6 Å². The van der Waals surface area contributed by atoms with Gasteiger partial charge >= 0.3 is 0 Å². The van der Waals surface area contributed by atoms with Crippen LogP contribution in [0.2, 0.25) is 0 Å². The summed E-state index contributed by atoms with van der Waals surface area (Å²) in [6.45, 7) is 3.54. The summed E-state index contributed by atoms with van der Waals surface area (Å²) in [4.78, 5) is 11.5. The zero-order valence-electron chi connectivity index (χ0n) is 9.54. The Kier molecular flexibility index (Phi) is 6.05. The molecule has 0 fully saturated rings. The molecule has 3 N–H and O–H groups in total. The van der Waals surface area contributed by atoms with Gasteiger partial charge in [-0.05, 0) is 18.1 Å². The largest absolute Gasteiger partial charge is 0.322 e. The molecule has 6 heteroatoms. The lowest BCUT2D eigenvalue weighted by atomic mass is 10.0. The van der Waals surface area contributed by atoms with Crippen LogP contribution >= 0.6 is 12.4 Å². The van der Waals surface area contributed by atoms with Crippen LogP contribution in [0.15, 0.2) is 18.2 Å². The molecule has 1 aromatic rings. The number of halogens is 3. The van der Waals surface area contributed by atoms with Gasteiger partial charge in [-0.2, -0.15) is 0 Å². The molecule has 0 aliphatic carbocycles. The summed E-state index contributed by atoms with van der Waals surface area (Å²) in [6.07, 6.45) is 0. The van der Waals surface area contributed by atoms with Gasteiger partial charge in [0.1, 0.15) is 0 Å². The van der Waals surface area contributed by atoms with Crippen molar-refractivity contribution in [2.45, 2.75) is 19.9 Å². The topological polar surface area (TPSA) is 55.1 Å². The van der Waals surface area contributed by atoms with E-state index in [1.807, 2.05) is 0 Å². The summed E-state index contributed by atoms with van der Waals surface area (Å²) in [5.41, 5.74) is 5.37. The summed E-state index contributed by atoms with van der Waals surface area (Å²) in [7, 11) is 0. The van der Waals surface area contributed by atoms with Gasteiger partial charge < -0.3 is 11.1 Å². The molecule has 0 unspecified atom stereocenters. The Labute approximate surface area is 105 Å². The van der Waals surface area contributed by atoms with Crippen molar-refractivity contribution < 1.29 is 13.6 Å². The van der Waals surface area contributed by atoms with Crippen molar-refractivity contribution in [3.8, 4) is 0 Å². The van der Waals surface area contributed by atoms with Gasteiger partial charge in [0.2, 0.25) is 5.91 Å². The molecule has 1 aromatic carbocycles. The molecule has 0 saturated carbocycles. The normalized spacial score (nSPS) is 11.9. The fourth-order valence-corrected chi connectivity index (χ4v) is 1.12. The number of carbonyl (C=O) groups is 1. The lowest BCUT2D eigenvalue weighted by Gasteiger charge is -2.15. The highest BCUT2D eigenvalue weighted by molar-refractivity contribution is 5.94. The second-order valence-electron chi connectivity index (χ2n) is 3.86. The van der Waals surface area contributed by atoms with Crippen molar-refractivity contribution in [3.05, 3.63) is 29.8 Å². The van der Waals surface area contributed by atoms with Crippen LogP contribution in [0.1, 0.15) is 13.8 Å². The summed E-state index contributed by atoms with van der Waals surface area (Å²) in [5.74, 6) is -2.68. The monoisotopic (exact) mass is 264 g/mol. The Morgan fingerprint density at radius 3 is 2.47 bits per heavy atom. The van der Waals surface area contributed by atoms with Crippen LogP contribution in [-0.4, -0.2) is 11.9 Å². The fraction of sp³-hybridized carbons (Fsp3) is 0.364. The van der Waals surface area contributed by atoms with Gasteiger partial charge in [0.15, 0.2) is 11.6 Å². The van der Waals surface area contributed by atoms with Gasteiger partial charge in [0.05, 0.1) is 11.7 Å². The Balaban J connectivity index is 0.00000256. The van der Waals surface area contributed by atoms with E-state index in [9.17, 15) is 13.6 Å². The van der Waals surface area contributed by atoms with Gasteiger partial charge in [-0.1, -0.05) is 19.9 Å². The number of anilines is 1. The SMILES string of the molecule is CC(C)[C@@H](N)C(=O)Nc1cccc(F)c1F.Cl. The molecule has 0 aliphatic heterocycles. The molecule has 0 heterocycles. The van der Waals surface area contributed by atoms with Crippen molar-refractivity contribution in [3.63, 3.8) is 0 Å². The van der Waals surface area contributed by atoms with Crippen molar-refractivity contribution >= 4 is 24.0 Å². The van der Waals surface area contributed by atoms with Gasteiger partial charge in [-0.25, -0.2) is 8.78 Å². The first-order valence-electron chi connectivity index (χ1n) is 4.94. The average molecular weight is 265 g/mol. The molecule has 0 spiro atoms. The first kappa shape index (κ1) is 15.8. The molecular formula is C11H15ClF2N2O. The van der Waals surface area contributed by atoms with Crippen LogP contribution in [0.25, 0.3) is 0 Å². The maximum Gasteiger partial charge on any atom is 0.241 e. The molecule has 0 bridgehead atoms. The van der Waals surface area contributed by atoms with E-state index in [0.29, 0.717) is 0 Å². The third kappa shape index (κ3) is 3.94. The maximum absolute atomic E-state index is 13.2. The summed E-state index contributed by atoms with van der Waals surface area (Å²) in [6, 6.07) is 2.83. The summed E-state index contributed by atoms with van der Waals surface area (Å²) >= 11 is 0. The minimum atomic E-state index is -1.08. The van der Waals surface area contributed by atoms with E-state index in [1.54, 1.807) is 13.8 Å². The number of hydrogen-bond acceptors (Lipinski definition) is 2. The van der Waals surface area contributed by atoms with E-state index >= 15 is 0 Å². The molecule has 1 atom stereocenters. The smallest absolute Gasteiger partial charge is 0.241 e. The minimum Gasteiger partial charge on any atom is -0.322 e. The fourth-order valence-electron chi connectivity index (χ4n) is 1.12. The van der Waals surface area contributed by atoms with Gasteiger partial charge in [0, 0.05) is 0 Å². The Bertz CT molecular complexity index is 399. The first-order chi connectivity index (χ1) is 7.43. The van der Waals surface area contributed by atoms with E-state index in [4.69, 9.17) is 5.73 Å². The van der Waals surface area contributed by atoms with Crippen LogP contribution in [0, 0.1) is 17.6 Å². The molecule has 17 heavy (non-hydrogen) atoms. The third-order valence-electron chi connectivity index (χ3n) is 2.23. The van der Waals surface area contributed by atoms with Gasteiger partial charge in [-0.15, -0.1) is 12.4 Å². The standard InChI is InChI=1S/C11H14F2N2O.ClH/c1-6(2)10(14)11(16)15-8-5-3-4-7(12)9(8)13;/h3-6,10H,14H2,1-2H3,(H,15,16);1H/t10-;/m1./s1. The predicted molar refractivity (Wildman–Crippen MR) is 65.0 cm³/mol. The highest BCUT2D eigenvalue weighted by Gasteiger charge is 2.19. The second-order valence-corrected chi connectivity index (χ2v) is 3.86. The number of hydrogen-bond donors (Lipinski definition) is 2. The van der Waals surface area contributed by atoms with Crippen molar-refractivity contribution in [1.29, 1.82) is 0 Å². The Morgan fingerprint density at radius 2 is 1.94 bits per heavy atom. The van der Waals surface area contributed by atoms with Crippen LogP contribution in [0.5, 0.6) is 0 Å². The molecule has 1 amide bonds. The second kappa shape index (κ2) is 6.51. The van der Waals surface area contributed by atoms with E-state index in [1.165, 1.54) is 12.1 Å². The number of nitrogens with one attached hydrogen (secondary N) is 1. The zero-order valence-corrected chi connectivity index (χ0v) is 10.4. The third-order valence-corrected chi connectivity index (χ3v) is 2.23. The Morgan fingerprint density at radius 1 is 1.35 bits per heavy atom. The Hall–Kier alpha value is -1.20. The molecule has 1 rings (SSSR count). The number of nitrogens with two attached hydrogens (primary N) is 1. The van der Waals surface area contributed by atoms with Gasteiger partial charge in [-0.3, -0.25) is 4.79 Å². The molecule has 96 valence electrons. The van der Waals surface area contributed by atoms with Crippen LogP contribution in [0.3, 0.4) is 0 Å². The number of benzene rings is 1. The van der Waals surface area contributed by atoms with Crippen molar-refractivity contribution in [1.82, 2.24) is 0 Å². The van der Waals surface area contributed by atoms with Crippen LogP contribution < -0.4 is 11.1 Å².